The molecule has 2 heterocycles. The molecule has 3 nitrogen and oxygen atoms in total. The normalized spacial score (nSPS) is 18.3. The molecule has 1 N–H and O–H groups in total. The molecule has 1 aliphatic rings. The van der Waals surface area contributed by atoms with Gasteiger partial charge in [0.15, 0.2) is 0 Å². The summed E-state index contributed by atoms with van der Waals surface area (Å²) in [6.07, 6.45) is 3.65. The van der Waals surface area contributed by atoms with Crippen LogP contribution in [0.15, 0.2) is 12.3 Å². The van der Waals surface area contributed by atoms with Crippen LogP contribution in [0.1, 0.15) is 46.1 Å². The third kappa shape index (κ3) is 4.67. The Bertz CT molecular complexity index is 461. The molecule has 1 aliphatic heterocycles. The predicted molar refractivity (Wildman–Crippen MR) is 86.0 cm³/mol. The lowest BCUT2D eigenvalue weighted by molar-refractivity contribution is 0.279. The second-order valence-electron chi connectivity index (χ2n) is 7.31. The highest BCUT2D eigenvalue weighted by Crippen LogP contribution is 2.32. The van der Waals surface area contributed by atoms with Gasteiger partial charge in [0, 0.05) is 25.2 Å². The van der Waals surface area contributed by atoms with E-state index in [9.17, 15) is 4.39 Å². The van der Waals surface area contributed by atoms with Crippen LogP contribution in [0.3, 0.4) is 0 Å². The van der Waals surface area contributed by atoms with E-state index in [2.05, 4.69) is 42.9 Å². The van der Waals surface area contributed by atoms with Crippen molar-refractivity contribution in [1.29, 1.82) is 0 Å². The molecule has 0 aliphatic carbocycles. The number of piperidine rings is 1. The van der Waals surface area contributed by atoms with E-state index in [1.165, 1.54) is 6.20 Å². The largest absolute Gasteiger partial charge is 0.356 e. The lowest BCUT2D eigenvalue weighted by Crippen LogP contribution is -2.38. The maximum atomic E-state index is 13.5. The minimum Gasteiger partial charge on any atom is -0.356 e. The van der Waals surface area contributed by atoms with Crippen molar-refractivity contribution >= 4 is 5.82 Å². The van der Waals surface area contributed by atoms with Crippen molar-refractivity contribution in [3.05, 3.63) is 23.6 Å². The van der Waals surface area contributed by atoms with E-state index >= 15 is 0 Å². The molecule has 0 aromatic carbocycles. The average Bonchev–Trinajstić information content (AvgIpc) is 2.39. The Morgan fingerprint density at radius 3 is 2.62 bits per heavy atom. The molecule has 1 aromatic heterocycles. The number of nitrogens with one attached hydrogen (secondary N) is 1. The van der Waals surface area contributed by atoms with Gasteiger partial charge < -0.3 is 10.2 Å². The highest BCUT2D eigenvalue weighted by Gasteiger charge is 2.27. The van der Waals surface area contributed by atoms with E-state index in [0.29, 0.717) is 17.9 Å². The van der Waals surface area contributed by atoms with Gasteiger partial charge in [-0.25, -0.2) is 9.37 Å². The van der Waals surface area contributed by atoms with E-state index in [1.807, 2.05) is 0 Å². The third-order valence-corrected chi connectivity index (χ3v) is 4.19. The summed E-state index contributed by atoms with van der Waals surface area (Å²) < 4.78 is 13.5. The zero-order chi connectivity index (χ0) is 15.5. The first-order chi connectivity index (χ1) is 9.87. The summed E-state index contributed by atoms with van der Waals surface area (Å²) in [4.78, 5) is 6.66. The van der Waals surface area contributed by atoms with Crippen LogP contribution in [0, 0.1) is 17.2 Å². The van der Waals surface area contributed by atoms with Crippen LogP contribution in [0.2, 0.25) is 0 Å². The molecule has 118 valence electrons. The summed E-state index contributed by atoms with van der Waals surface area (Å²) in [5.74, 6) is 1.28. The first-order valence-electron chi connectivity index (χ1n) is 7.97. The summed E-state index contributed by atoms with van der Waals surface area (Å²) in [6.45, 7) is 12.6. The number of rotatable bonds is 5. The Hall–Kier alpha value is -1.16. The van der Waals surface area contributed by atoms with Gasteiger partial charge in [0.05, 0.1) is 6.20 Å². The van der Waals surface area contributed by atoms with Crippen LogP contribution in [-0.4, -0.2) is 24.6 Å². The lowest BCUT2D eigenvalue weighted by atomic mass is 9.82. The summed E-state index contributed by atoms with van der Waals surface area (Å²) >= 11 is 0. The maximum Gasteiger partial charge on any atom is 0.141 e. The second kappa shape index (κ2) is 6.73. The minimum atomic E-state index is -0.252. The Balaban J connectivity index is 2.08. The quantitative estimate of drug-likeness (QED) is 0.899. The number of nitrogens with zero attached hydrogens (tertiary/aromatic N) is 2. The molecule has 0 bridgehead atoms. The van der Waals surface area contributed by atoms with Crippen LogP contribution >= 0.6 is 0 Å². The van der Waals surface area contributed by atoms with Crippen molar-refractivity contribution in [2.75, 3.05) is 24.5 Å². The summed E-state index contributed by atoms with van der Waals surface area (Å²) in [7, 11) is 0. The zero-order valence-electron chi connectivity index (χ0n) is 13.7. The van der Waals surface area contributed by atoms with Gasteiger partial charge in [-0.2, -0.15) is 0 Å². The van der Waals surface area contributed by atoms with Crippen molar-refractivity contribution in [2.45, 2.75) is 47.1 Å². The molecular formula is C17H28FN3. The summed E-state index contributed by atoms with van der Waals surface area (Å²) in [5, 5.41) is 3.39. The van der Waals surface area contributed by atoms with Crippen LogP contribution in [0.25, 0.3) is 0 Å². The molecule has 0 unspecified atom stereocenters. The highest BCUT2D eigenvalue weighted by atomic mass is 19.1. The van der Waals surface area contributed by atoms with Gasteiger partial charge in [-0.3, -0.25) is 0 Å². The van der Waals surface area contributed by atoms with E-state index in [-0.39, 0.29) is 5.82 Å². The van der Waals surface area contributed by atoms with Crippen LogP contribution in [0.4, 0.5) is 10.2 Å². The first kappa shape index (κ1) is 16.2. The third-order valence-electron chi connectivity index (χ3n) is 4.19. The van der Waals surface area contributed by atoms with Gasteiger partial charge in [0.2, 0.25) is 0 Å². The molecule has 1 fully saturated rings. The second-order valence-corrected chi connectivity index (χ2v) is 7.31. The number of hydrogen-bond acceptors (Lipinski definition) is 3. The standard InChI is InChI=1S/C17H28FN3/c1-13(2)10-19-11-14-9-15(18)12-20-16(14)21-7-5-17(3,4)6-8-21/h9,12-13,19H,5-8,10-11H2,1-4H3. The van der Waals surface area contributed by atoms with Gasteiger partial charge in [-0.1, -0.05) is 27.7 Å². The predicted octanol–water partition coefficient (Wildman–Crippen LogP) is 3.59. The van der Waals surface area contributed by atoms with Crippen molar-refractivity contribution in [1.82, 2.24) is 10.3 Å². The molecule has 2 rings (SSSR count). The van der Waals surface area contributed by atoms with Crippen molar-refractivity contribution < 1.29 is 4.39 Å². The van der Waals surface area contributed by atoms with Gasteiger partial charge in [0.25, 0.3) is 0 Å². The SMILES string of the molecule is CC(C)CNCc1cc(F)cnc1N1CCC(C)(C)CC1. The topological polar surface area (TPSA) is 28.2 Å². The molecule has 1 saturated heterocycles. The number of anilines is 1. The van der Waals surface area contributed by atoms with Crippen molar-refractivity contribution in [2.24, 2.45) is 11.3 Å². The Labute approximate surface area is 127 Å². The van der Waals surface area contributed by atoms with Gasteiger partial charge in [-0.15, -0.1) is 0 Å². The fourth-order valence-corrected chi connectivity index (χ4v) is 2.71. The lowest BCUT2D eigenvalue weighted by Gasteiger charge is -2.38. The first-order valence-corrected chi connectivity index (χ1v) is 7.97. The zero-order valence-corrected chi connectivity index (χ0v) is 13.7. The van der Waals surface area contributed by atoms with Gasteiger partial charge in [-0.05, 0) is 36.8 Å². The Morgan fingerprint density at radius 1 is 1.33 bits per heavy atom. The average molecular weight is 293 g/mol. The molecule has 1 aromatic rings. The molecule has 0 radical (unpaired) electrons. The number of pyridine rings is 1. The van der Waals surface area contributed by atoms with Gasteiger partial charge >= 0.3 is 0 Å². The molecule has 0 spiro atoms. The molecule has 0 saturated carbocycles. The smallest absolute Gasteiger partial charge is 0.141 e. The summed E-state index contributed by atoms with van der Waals surface area (Å²) in [6, 6.07) is 1.62. The number of aromatic nitrogens is 1. The molecular weight excluding hydrogens is 265 g/mol. The van der Waals surface area contributed by atoms with E-state index < -0.39 is 0 Å². The fourth-order valence-electron chi connectivity index (χ4n) is 2.71. The molecule has 21 heavy (non-hydrogen) atoms. The van der Waals surface area contributed by atoms with Crippen molar-refractivity contribution in [3.63, 3.8) is 0 Å². The van der Waals surface area contributed by atoms with E-state index in [4.69, 9.17) is 0 Å². The molecule has 0 atom stereocenters. The van der Waals surface area contributed by atoms with E-state index in [1.54, 1.807) is 6.07 Å². The fraction of sp³-hybridized carbons (Fsp3) is 0.706. The molecule has 0 amide bonds. The summed E-state index contributed by atoms with van der Waals surface area (Å²) in [5.41, 5.74) is 1.38. The van der Waals surface area contributed by atoms with E-state index in [0.717, 1.165) is 43.9 Å². The van der Waals surface area contributed by atoms with Crippen molar-refractivity contribution in [3.8, 4) is 0 Å². The van der Waals surface area contributed by atoms with Crippen LogP contribution in [0.5, 0.6) is 0 Å². The van der Waals surface area contributed by atoms with Gasteiger partial charge in [0.1, 0.15) is 11.6 Å². The Morgan fingerprint density at radius 2 is 2.00 bits per heavy atom. The minimum absolute atomic E-state index is 0.252. The maximum absolute atomic E-state index is 13.5. The Kier molecular flexibility index (Phi) is 5.20. The number of halogens is 1. The van der Waals surface area contributed by atoms with Crippen LogP contribution < -0.4 is 10.2 Å². The highest BCUT2D eigenvalue weighted by molar-refractivity contribution is 5.47. The monoisotopic (exact) mass is 293 g/mol. The number of hydrogen-bond donors (Lipinski definition) is 1. The molecule has 4 heteroatoms. The van der Waals surface area contributed by atoms with Crippen LogP contribution in [-0.2, 0) is 6.54 Å².